The summed E-state index contributed by atoms with van der Waals surface area (Å²) in [5.74, 6) is 0. The summed E-state index contributed by atoms with van der Waals surface area (Å²) in [6.07, 6.45) is 2.20. The maximum absolute atomic E-state index is 9.66. The molecule has 1 unspecified atom stereocenters. The van der Waals surface area contributed by atoms with Crippen molar-refractivity contribution in [1.29, 1.82) is 0 Å². The normalized spacial score (nSPS) is 13.1. The number of aromatic nitrogens is 6. The molecule has 0 bridgehead atoms. The Kier molecular flexibility index (Phi) is 1.78. The number of aliphatic hydroxyl groups is 1. The molecule has 13 heavy (non-hydrogen) atoms. The molecule has 0 aliphatic heterocycles. The van der Waals surface area contributed by atoms with Gasteiger partial charge in [0.25, 0.3) is 0 Å². The number of nitrogens with one attached hydrogen (secondary N) is 1. The van der Waals surface area contributed by atoms with Crippen molar-refractivity contribution in [3.63, 3.8) is 0 Å². The largest absolute Gasteiger partial charge is 0.380 e. The molecule has 0 radical (unpaired) electrons. The van der Waals surface area contributed by atoms with E-state index in [2.05, 4.69) is 25.7 Å². The monoisotopic (exact) mass is 180 g/mol. The number of hydrogen-bond donors (Lipinski definition) is 2. The van der Waals surface area contributed by atoms with Crippen molar-refractivity contribution in [2.24, 2.45) is 7.05 Å². The summed E-state index contributed by atoms with van der Waals surface area (Å²) < 4.78 is 1.51. The van der Waals surface area contributed by atoms with Gasteiger partial charge in [0.1, 0.15) is 17.5 Å². The predicted octanol–water partition coefficient (Wildman–Crippen LogP) is -0.985. The van der Waals surface area contributed by atoms with Gasteiger partial charge in [-0.1, -0.05) is 5.21 Å². The number of aryl methyl sites for hydroxylation is 1. The fourth-order valence-corrected chi connectivity index (χ4v) is 0.984. The number of hydrogen-bond acceptors (Lipinski definition) is 5. The molecule has 2 heterocycles. The second-order valence-electron chi connectivity index (χ2n) is 2.61. The highest BCUT2D eigenvalue weighted by molar-refractivity contribution is 5.11. The minimum absolute atomic E-state index is 0.431. The molecule has 2 aromatic rings. The first-order valence-electron chi connectivity index (χ1n) is 3.67. The van der Waals surface area contributed by atoms with Crippen LogP contribution in [-0.4, -0.2) is 35.5 Å². The van der Waals surface area contributed by atoms with E-state index >= 15 is 0 Å². The molecule has 7 heteroatoms. The van der Waals surface area contributed by atoms with Crippen molar-refractivity contribution < 1.29 is 5.11 Å². The van der Waals surface area contributed by atoms with Crippen molar-refractivity contribution in [2.45, 2.75) is 6.10 Å². The van der Waals surface area contributed by atoms with E-state index in [1.165, 1.54) is 10.9 Å². The lowest BCUT2D eigenvalue weighted by Crippen LogP contribution is -2.00. The van der Waals surface area contributed by atoms with Gasteiger partial charge in [0, 0.05) is 7.05 Å². The van der Waals surface area contributed by atoms with Crippen LogP contribution < -0.4 is 0 Å². The van der Waals surface area contributed by atoms with E-state index in [0.717, 1.165) is 0 Å². The van der Waals surface area contributed by atoms with Gasteiger partial charge in [0.2, 0.25) is 0 Å². The van der Waals surface area contributed by atoms with E-state index < -0.39 is 6.10 Å². The Morgan fingerprint density at radius 3 is 2.92 bits per heavy atom. The van der Waals surface area contributed by atoms with Crippen LogP contribution in [0.2, 0.25) is 0 Å². The molecule has 7 nitrogen and oxygen atoms in total. The Morgan fingerprint density at radius 1 is 1.54 bits per heavy atom. The molecule has 1 atom stereocenters. The molecule has 2 rings (SSSR count). The van der Waals surface area contributed by atoms with Gasteiger partial charge in [-0.15, -0.1) is 5.10 Å². The van der Waals surface area contributed by atoms with Crippen LogP contribution in [0.3, 0.4) is 0 Å². The Morgan fingerprint density at radius 2 is 2.38 bits per heavy atom. The van der Waals surface area contributed by atoms with Crippen LogP contribution in [0.25, 0.3) is 0 Å². The molecule has 0 amide bonds. The van der Waals surface area contributed by atoms with E-state index in [0.29, 0.717) is 11.4 Å². The van der Waals surface area contributed by atoms with Crippen LogP contribution in [0, 0.1) is 0 Å². The number of aliphatic hydroxyl groups excluding tert-OH is 1. The highest BCUT2D eigenvalue weighted by Crippen LogP contribution is 2.15. The molecule has 0 saturated heterocycles. The fraction of sp³-hybridized carbons (Fsp3) is 0.333. The molecule has 0 saturated carbocycles. The Hall–Kier alpha value is -1.76. The Balaban J connectivity index is 2.28. The van der Waals surface area contributed by atoms with Crippen LogP contribution >= 0.6 is 0 Å². The van der Waals surface area contributed by atoms with Gasteiger partial charge in [-0.2, -0.15) is 15.4 Å². The SMILES string of the molecule is Cn1cc(C(O)c2cn[nH]n2)nn1. The van der Waals surface area contributed by atoms with Crippen LogP contribution in [0.1, 0.15) is 17.5 Å². The maximum atomic E-state index is 9.66. The van der Waals surface area contributed by atoms with Gasteiger partial charge in [-0.3, -0.25) is 4.68 Å². The molecular weight excluding hydrogens is 172 g/mol. The number of nitrogens with zero attached hydrogens (tertiary/aromatic N) is 5. The summed E-state index contributed by atoms with van der Waals surface area (Å²) in [6, 6.07) is 0. The highest BCUT2D eigenvalue weighted by Gasteiger charge is 2.15. The highest BCUT2D eigenvalue weighted by atomic mass is 16.3. The molecule has 0 aromatic carbocycles. The first-order chi connectivity index (χ1) is 6.27. The van der Waals surface area contributed by atoms with Gasteiger partial charge < -0.3 is 5.11 Å². The molecular formula is C6H8N6O. The van der Waals surface area contributed by atoms with Crippen molar-refractivity contribution >= 4 is 0 Å². The van der Waals surface area contributed by atoms with Gasteiger partial charge in [0.05, 0.1) is 12.4 Å². The van der Waals surface area contributed by atoms with Crippen LogP contribution in [0.4, 0.5) is 0 Å². The standard InChI is InChI=1S/C6H8N6O/c1-12-3-5(9-11-12)6(13)4-2-7-10-8-4/h2-3,6,13H,1H3,(H,7,8,10). The predicted molar refractivity (Wildman–Crippen MR) is 41.4 cm³/mol. The minimum Gasteiger partial charge on any atom is -0.380 e. The Labute approximate surface area is 73.4 Å². The summed E-state index contributed by atoms with van der Waals surface area (Å²) in [6.45, 7) is 0. The molecule has 2 N–H and O–H groups in total. The molecule has 0 aliphatic rings. The number of rotatable bonds is 2. The smallest absolute Gasteiger partial charge is 0.145 e. The lowest BCUT2D eigenvalue weighted by molar-refractivity contribution is 0.210. The van der Waals surface area contributed by atoms with E-state index in [1.807, 2.05) is 0 Å². The summed E-state index contributed by atoms with van der Waals surface area (Å²) >= 11 is 0. The fourth-order valence-electron chi connectivity index (χ4n) is 0.984. The first kappa shape index (κ1) is 7.87. The van der Waals surface area contributed by atoms with Gasteiger partial charge in [-0.05, 0) is 0 Å². The zero-order valence-electron chi connectivity index (χ0n) is 6.92. The second kappa shape index (κ2) is 2.94. The van der Waals surface area contributed by atoms with E-state index in [-0.39, 0.29) is 0 Å². The molecule has 0 aliphatic carbocycles. The van der Waals surface area contributed by atoms with Crippen LogP contribution in [0.15, 0.2) is 12.4 Å². The second-order valence-corrected chi connectivity index (χ2v) is 2.61. The third-order valence-electron chi connectivity index (χ3n) is 1.61. The molecule has 68 valence electrons. The summed E-state index contributed by atoms with van der Waals surface area (Å²) in [5, 5.41) is 26.8. The van der Waals surface area contributed by atoms with Crippen molar-refractivity contribution in [3.8, 4) is 0 Å². The van der Waals surface area contributed by atoms with Crippen LogP contribution in [0.5, 0.6) is 0 Å². The number of H-pyrrole nitrogens is 1. The van der Waals surface area contributed by atoms with E-state index in [4.69, 9.17) is 0 Å². The van der Waals surface area contributed by atoms with Crippen molar-refractivity contribution in [3.05, 3.63) is 23.8 Å². The average Bonchev–Trinajstić information content (AvgIpc) is 2.72. The summed E-state index contributed by atoms with van der Waals surface area (Å²) in [5.41, 5.74) is 0.886. The Bertz CT molecular complexity index is 379. The summed E-state index contributed by atoms with van der Waals surface area (Å²) in [7, 11) is 1.73. The zero-order chi connectivity index (χ0) is 9.26. The van der Waals surface area contributed by atoms with Gasteiger partial charge in [-0.25, -0.2) is 0 Å². The quantitative estimate of drug-likeness (QED) is 0.619. The molecule has 0 spiro atoms. The average molecular weight is 180 g/mol. The topological polar surface area (TPSA) is 92.5 Å². The van der Waals surface area contributed by atoms with Gasteiger partial charge >= 0.3 is 0 Å². The zero-order valence-corrected chi connectivity index (χ0v) is 6.92. The number of aromatic amines is 1. The van der Waals surface area contributed by atoms with Crippen molar-refractivity contribution in [1.82, 2.24) is 30.4 Å². The first-order valence-corrected chi connectivity index (χ1v) is 3.67. The lowest BCUT2D eigenvalue weighted by atomic mass is 10.2. The van der Waals surface area contributed by atoms with Gasteiger partial charge in [0.15, 0.2) is 0 Å². The van der Waals surface area contributed by atoms with Crippen molar-refractivity contribution in [2.75, 3.05) is 0 Å². The maximum Gasteiger partial charge on any atom is 0.145 e. The molecule has 0 fully saturated rings. The lowest BCUT2D eigenvalue weighted by Gasteiger charge is -1.99. The third-order valence-corrected chi connectivity index (χ3v) is 1.61. The third kappa shape index (κ3) is 1.41. The summed E-state index contributed by atoms with van der Waals surface area (Å²) in [4.78, 5) is 0. The van der Waals surface area contributed by atoms with E-state index in [1.54, 1.807) is 13.2 Å². The molecule has 2 aromatic heterocycles. The van der Waals surface area contributed by atoms with E-state index in [9.17, 15) is 5.11 Å². The minimum atomic E-state index is -0.868. The van der Waals surface area contributed by atoms with Crippen LogP contribution in [-0.2, 0) is 7.05 Å².